The van der Waals surface area contributed by atoms with Crippen molar-refractivity contribution in [2.75, 3.05) is 42.6 Å². The predicted octanol–water partition coefficient (Wildman–Crippen LogP) is 36.5. The molecular formula is C120H114N6O4S2. The second kappa shape index (κ2) is 41.1. The van der Waals surface area contributed by atoms with Gasteiger partial charge in [-0.15, -0.1) is 0 Å². The third-order valence-electron chi connectivity index (χ3n) is 25.8. The number of unbranched alkanes of at least 4 members (excludes halogenated alkanes) is 4. The minimum atomic E-state index is 0.603. The highest BCUT2D eigenvalue weighted by atomic mass is 32.2. The van der Waals surface area contributed by atoms with E-state index < -0.39 is 0 Å². The van der Waals surface area contributed by atoms with Gasteiger partial charge in [-0.05, 0) is 302 Å². The number of hydrogen-bond acceptors (Lipinski definition) is 12. The van der Waals surface area contributed by atoms with Gasteiger partial charge in [0.15, 0.2) is 23.0 Å². The van der Waals surface area contributed by atoms with Gasteiger partial charge in [0, 0.05) is 88.6 Å². The van der Waals surface area contributed by atoms with Gasteiger partial charge in [-0.3, -0.25) is 0 Å². The zero-order valence-corrected chi connectivity index (χ0v) is 78.0. The molecule has 0 fully saturated rings. The van der Waals surface area contributed by atoms with E-state index in [-0.39, 0.29) is 0 Å². The Balaban J connectivity index is 0.000000176. The standard InChI is InChI=1S/C68H58N4O2.C52H56N2O2S2/c1-3-5-19-49-29-35-57(36-30-49)71-61-41-33-51(45-65(61)73-67-47-59(39-43-63(67)71)69(53-21-11-7-12-22-53)54-23-13-8-14-24-54)52-34-42-62-66(46-52)74-68-48-60(70(55-25-15-9-16-26-55)56-27-17-10-18-28-56)40-44-64(68)72(62)58-37-31-50(32-38-58)20-6-4-2;1-5-9-15-37(7-3)35-55-43-27-23-41(24-28-43)53-45-17-11-13-19-49(45)57-51-33-39(21-31-47(51)53)40-22-32-48-52(34-40)58-50-20-14-12-18-46(50)54(48)42-25-29-44(30-26-42)56-36-38(8-4)16-10-6-2/h7-18,21-48H,3-6,19-20H2,1-2H3;11-14,17-34,37-38H,5-10,15-16,35-36H2,1-4H3. The van der Waals surface area contributed by atoms with Gasteiger partial charge >= 0.3 is 0 Å². The van der Waals surface area contributed by atoms with Crippen molar-refractivity contribution in [1.29, 1.82) is 0 Å². The maximum absolute atomic E-state index is 7.09. The Hall–Kier alpha value is -13.8. The zero-order valence-electron chi connectivity index (χ0n) is 76.4. The fraction of sp³-hybridized carbons (Fsp3) is 0.200. The average molecular weight is 1770 g/mol. The van der Waals surface area contributed by atoms with E-state index >= 15 is 0 Å². The molecule has 0 saturated heterocycles. The number of rotatable bonds is 32. The van der Waals surface area contributed by atoms with Crippen molar-refractivity contribution in [2.24, 2.45) is 11.8 Å². The van der Waals surface area contributed by atoms with E-state index in [1.807, 2.05) is 23.5 Å². The highest BCUT2D eigenvalue weighted by Gasteiger charge is 2.34. The third-order valence-corrected chi connectivity index (χ3v) is 28.0. The summed E-state index contributed by atoms with van der Waals surface area (Å²) >= 11 is 3.70. The normalized spacial score (nSPS) is 12.9. The fourth-order valence-corrected chi connectivity index (χ4v) is 20.6. The van der Waals surface area contributed by atoms with E-state index in [1.54, 1.807) is 0 Å². The molecule has 0 radical (unpaired) electrons. The summed E-state index contributed by atoms with van der Waals surface area (Å²) < 4.78 is 26.8. The predicted molar refractivity (Wildman–Crippen MR) is 555 cm³/mol. The smallest absolute Gasteiger partial charge is 0.153 e. The second-order valence-electron chi connectivity index (χ2n) is 34.7. The number of hydrogen-bond donors (Lipinski definition) is 0. The van der Waals surface area contributed by atoms with Crippen LogP contribution in [0, 0.1) is 11.8 Å². The Morgan fingerprint density at radius 1 is 0.258 bits per heavy atom. The number of nitrogens with zero attached hydrogens (tertiary/aromatic N) is 6. The molecule has 10 nitrogen and oxygen atoms in total. The lowest BCUT2D eigenvalue weighted by Crippen LogP contribution is -2.17. The van der Waals surface area contributed by atoms with Gasteiger partial charge in [-0.1, -0.05) is 262 Å². The van der Waals surface area contributed by atoms with Crippen LogP contribution in [-0.4, -0.2) is 13.2 Å². The van der Waals surface area contributed by atoms with Crippen LogP contribution in [0.5, 0.6) is 34.5 Å². The topological polar surface area (TPSA) is 56.4 Å². The second-order valence-corrected chi connectivity index (χ2v) is 36.9. The fourth-order valence-electron chi connectivity index (χ4n) is 18.4. The number of benzene rings is 16. The van der Waals surface area contributed by atoms with Crippen molar-refractivity contribution < 1.29 is 18.9 Å². The lowest BCUT2D eigenvalue weighted by Gasteiger charge is -2.35. The first kappa shape index (κ1) is 87.5. The van der Waals surface area contributed by atoms with Crippen molar-refractivity contribution in [3.63, 3.8) is 0 Å². The molecule has 16 aromatic rings. The quantitative estimate of drug-likeness (QED) is 0.0404. The van der Waals surface area contributed by atoms with Crippen LogP contribution in [0.3, 0.4) is 0 Å². The van der Waals surface area contributed by atoms with Crippen LogP contribution in [0.25, 0.3) is 22.3 Å². The Labute approximate surface area is 788 Å². The maximum atomic E-state index is 7.09. The summed E-state index contributed by atoms with van der Waals surface area (Å²) in [4.78, 5) is 19.0. The van der Waals surface area contributed by atoms with Crippen LogP contribution in [0.15, 0.2) is 396 Å². The van der Waals surface area contributed by atoms with Crippen LogP contribution in [0.1, 0.15) is 130 Å². The minimum absolute atomic E-state index is 0.603. The average Bonchev–Trinajstić information content (AvgIpc) is 0.745. The Kier molecular flexibility index (Phi) is 27.3. The molecule has 0 saturated carbocycles. The lowest BCUT2D eigenvalue weighted by molar-refractivity contribution is 0.233. The van der Waals surface area contributed by atoms with Crippen LogP contribution < -0.4 is 48.3 Å². The van der Waals surface area contributed by atoms with Crippen LogP contribution in [0.4, 0.5) is 102 Å². The van der Waals surface area contributed by atoms with Gasteiger partial charge in [-0.25, -0.2) is 0 Å². The van der Waals surface area contributed by atoms with E-state index in [4.69, 9.17) is 18.9 Å². The molecule has 12 heteroatoms. The molecule has 660 valence electrons. The van der Waals surface area contributed by atoms with E-state index in [0.29, 0.717) is 11.8 Å². The highest BCUT2D eigenvalue weighted by Crippen LogP contribution is 2.59. The Morgan fingerprint density at radius 3 is 0.886 bits per heavy atom. The zero-order chi connectivity index (χ0) is 89.6. The first-order chi connectivity index (χ1) is 65.2. The Morgan fingerprint density at radius 2 is 0.545 bits per heavy atom. The number of fused-ring (bicyclic) bond motifs is 8. The monoisotopic (exact) mass is 1770 g/mol. The van der Waals surface area contributed by atoms with Crippen molar-refractivity contribution in [2.45, 2.75) is 151 Å². The summed E-state index contributed by atoms with van der Waals surface area (Å²) in [5.74, 6) is 6.17. The molecule has 132 heavy (non-hydrogen) atoms. The number of aryl methyl sites for hydroxylation is 2. The van der Waals surface area contributed by atoms with Crippen LogP contribution in [0.2, 0.25) is 0 Å². The molecule has 0 bridgehead atoms. The molecule has 4 aliphatic rings. The first-order valence-corrected chi connectivity index (χ1v) is 49.2. The number of ether oxygens (including phenoxy) is 4. The van der Waals surface area contributed by atoms with Gasteiger partial charge in [0.05, 0.1) is 58.7 Å². The molecule has 0 spiro atoms. The van der Waals surface area contributed by atoms with Gasteiger partial charge < -0.3 is 48.3 Å². The van der Waals surface area contributed by atoms with Gasteiger partial charge in [0.2, 0.25) is 0 Å². The van der Waals surface area contributed by atoms with Crippen molar-refractivity contribution in [3.8, 4) is 56.8 Å². The van der Waals surface area contributed by atoms with Gasteiger partial charge in [0.1, 0.15) is 11.5 Å². The van der Waals surface area contributed by atoms with Crippen LogP contribution >= 0.6 is 23.5 Å². The SMILES string of the molecule is CCCCC(CC)COc1ccc(N2c3ccccc3Sc3cc(-c4ccc5c(c4)Sc4ccccc4N5c4ccc(OCC(CC)CCCC)cc4)ccc32)cc1.CCCCc1ccc(N2c3ccc(-c4ccc5c(c4)Oc4cc(N(c6ccccc6)c6ccccc6)ccc4N5c4ccc(CCCC)cc4)cc3Oc3cc(N(c4ccccc4)c4ccccc4)ccc32)cc1. The molecular weight excluding hydrogens is 1650 g/mol. The van der Waals surface area contributed by atoms with Crippen LogP contribution in [-0.2, 0) is 12.8 Å². The summed E-state index contributed by atoms with van der Waals surface area (Å²) in [6.07, 6.45) is 16.5. The van der Waals surface area contributed by atoms with E-state index in [1.165, 1.54) is 116 Å². The van der Waals surface area contributed by atoms with Crippen molar-refractivity contribution in [1.82, 2.24) is 0 Å². The van der Waals surface area contributed by atoms with E-state index in [0.717, 1.165) is 177 Å². The summed E-state index contributed by atoms with van der Waals surface area (Å²) in [6.45, 7) is 15.1. The summed E-state index contributed by atoms with van der Waals surface area (Å²) in [6, 6.07) is 135. The molecule has 2 atom stereocenters. The molecule has 4 aliphatic heterocycles. The largest absolute Gasteiger partial charge is 0.493 e. The van der Waals surface area contributed by atoms with E-state index in [9.17, 15) is 0 Å². The summed E-state index contributed by atoms with van der Waals surface area (Å²) in [5.41, 5.74) is 26.5. The molecule has 4 heterocycles. The molecule has 20 rings (SSSR count). The molecule has 0 aliphatic carbocycles. The lowest BCUT2D eigenvalue weighted by atomic mass is 10.0. The van der Waals surface area contributed by atoms with Gasteiger partial charge in [0.25, 0.3) is 0 Å². The minimum Gasteiger partial charge on any atom is -0.493 e. The van der Waals surface area contributed by atoms with E-state index in [2.05, 4.69) is 447 Å². The molecule has 0 N–H and O–H groups in total. The summed E-state index contributed by atoms with van der Waals surface area (Å²) in [7, 11) is 0. The number of anilines is 18. The summed E-state index contributed by atoms with van der Waals surface area (Å²) in [5, 5.41) is 0. The molecule has 0 aromatic heterocycles. The maximum Gasteiger partial charge on any atom is 0.153 e. The van der Waals surface area contributed by atoms with Crippen molar-refractivity contribution >= 4 is 126 Å². The van der Waals surface area contributed by atoms with Gasteiger partial charge in [-0.2, -0.15) is 0 Å². The number of para-hydroxylation sites is 6. The first-order valence-electron chi connectivity index (χ1n) is 47.6. The third kappa shape index (κ3) is 19.1. The molecule has 16 aromatic carbocycles. The highest BCUT2D eigenvalue weighted by molar-refractivity contribution is 8.00. The Bertz CT molecular complexity index is 6120. The molecule has 0 amide bonds. The molecule has 2 unspecified atom stereocenters. The van der Waals surface area contributed by atoms with Crippen molar-refractivity contribution in [3.05, 3.63) is 387 Å².